The van der Waals surface area contributed by atoms with Crippen LogP contribution in [0.5, 0.6) is 0 Å². The molecule has 0 radical (unpaired) electrons. The largest absolute Gasteiger partial charge is 0.342 e. The lowest BCUT2D eigenvalue weighted by Gasteiger charge is -2.47. The van der Waals surface area contributed by atoms with E-state index in [1.807, 2.05) is 9.80 Å². The number of nitrogens with two attached hydrogens (primary N) is 1. The average molecular weight is 386 g/mol. The highest BCUT2D eigenvalue weighted by Gasteiger charge is 2.39. The van der Waals surface area contributed by atoms with E-state index in [1.54, 1.807) is 11.3 Å². The molecule has 2 saturated heterocycles. The van der Waals surface area contributed by atoms with E-state index in [9.17, 15) is 9.59 Å². The Morgan fingerprint density at radius 3 is 2.92 bits per heavy atom. The minimum absolute atomic E-state index is 0. The van der Waals surface area contributed by atoms with Gasteiger partial charge < -0.3 is 15.5 Å². The zero-order valence-corrected chi connectivity index (χ0v) is 16.2. The van der Waals surface area contributed by atoms with Crippen LogP contribution in [0.1, 0.15) is 37.0 Å². The molecule has 5 nitrogen and oxygen atoms in total. The van der Waals surface area contributed by atoms with Crippen molar-refractivity contribution in [1.29, 1.82) is 0 Å². The van der Waals surface area contributed by atoms with E-state index in [2.05, 4.69) is 17.5 Å². The summed E-state index contributed by atoms with van der Waals surface area (Å²) in [6.45, 7) is 2.74. The van der Waals surface area contributed by atoms with Crippen molar-refractivity contribution in [3.8, 4) is 0 Å². The van der Waals surface area contributed by atoms with Gasteiger partial charge in [0.05, 0.1) is 0 Å². The lowest BCUT2D eigenvalue weighted by atomic mass is 9.83. The summed E-state index contributed by atoms with van der Waals surface area (Å²) in [4.78, 5) is 29.9. The minimum atomic E-state index is 0. The molecule has 25 heavy (non-hydrogen) atoms. The number of hydrogen-bond acceptors (Lipinski definition) is 4. The van der Waals surface area contributed by atoms with Crippen molar-refractivity contribution in [2.24, 2.45) is 11.7 Å². The molecule has 2 atom stereocenters. The summed E-state index contributed by atoms with van der Waals surface area (Å²) in [6.07, 6.45) is 4.93. The molecule has 3 rings (SSSR count). The molecule has 2 aliphatic rings. The maximum absolute atomic E-state index is 12.5. The SMILES string of the molecule is Cl.NCCN1C(=O)CC[C@H]2CN(C(=O)CCCc3cccs3)CC[C@H]21. The molecule has 1 aromatic heterocycles. The molecule has 2 fully saturated rings. The standard InChI is InChI=1S/C18H27N3O2S.ClH/c19-9-11-21-16-8-10-20(13-14(16)6-7-18(21)23)17(22)5-1-3-15-4-2-12-24-15;/h2,4,12,14,16H,1,3,5-11,13,19H2;1H/t14-,16+;/m0./s1. The number of piperidine rings is 2. The third kappa shape index (κ3) is 4.96. The number of fused-ring (bicyclic) bond motifs is 1. The first-order chi connectivity index (χ1) is 11.7. The Balaban J connectivity index is 0.00000225. The topological polar surface area (TPSA) is 66.6 Å². The fourth-order valence-electron chi connectivity index (χ4n) is 4.03. The predicted octanol–water partition coefficient (Wildman–Crippen LogP) is 2.29. The van der Waals surface area contributed by atoms with E-state index in [0.29, 0.717) is 31.8 Å². The number of amides is 2. The summed E-state index contributed by atoms with van der Waals surface area (Å²) in [7, 11) is 0. The monoisotopic (exact) mass is 385 g/mol. The average Bonchev–Trinajstić information content (AvgIpc) is 3.10. The normalized spacial score (nSPS) is 23.2. The highest BCUT2D eigenvalue weighted by Crippen LogP contribution is 2.31. The van der Waals surface area contributed by atoms with Gasteiger partial charge in [-0.15, -0.1) is 23.7 Å². The molecule has 0 unspecified atom stereocenters. The fraction of sp³-hybridized carbons (Fsp3) is 0.667. The number of nitrogens with zero attached hydrogens (tertiary/aromatic N) is 2. The molecule has 0 spiro atoms. The Labute approximate surface area is 160 Å². The highest BCUT2D eigenvalue weighted by molar-refractivity contribution is 7.09. The Bertz CT molecular complexity index is 567. The molecule has 140 valence electrons. The predicted molar refractivity (Wildman–Crippen MR) is 103 cm³/mol. The van der Waals surface area contributed by atoms with Crippen molar-refractivity contribution in [2.75, 3.05) is 26.2 Å². The molecular weight excluding hydrogens is 358 g/mol. The first-order valence-corrected chi connectivity index (χ1v) is 9.86. The molecule has 2 amide bonds. The number of hydrogen-bond donors (Lipinski definition) is 1. The smallest absolute Gasteiger partial charge is 0.222 e. The molecule has 0 aliphatic carbocycles. The van der Waals surface area contributed by atoms with Crippen LogP contribution in [0.15, 0.2) is 17.5 Å². The van der Waals surface area contributed by atoms with Gasteiger partial charge in [-0.25, -0.2) is 0 Å². The van der Waals surface area contributed by atoms with Crippen LogP contribution in [0, 0.1) is 5.92 Å². The maximum atomic E-state index is 12.5. The fourth-order valence-corrected chi connectivity index (χ4v) is 4.79. The summed E-state index contributed by atoms with van der Waals surface area (Å²) in [5.74, 6) is 0.925. The van der Waals surface area contributed by atoms with Crippen LogP contribution in [-0.4, -0.2) is 53.8 Å². The van der Waals surface area contributed by atoms with Crippen molar-refractivity contribution < 1.29 is 9.59 Å². The van der Waals surface area contributed by atoms with E-state index < -0.39 is 0 Å². The third-order valence-electron chi connectivity index (χ3n) is 5.26. The summed E-state index contributed by atoms with van der Waals surface area (Å²) >= 11 is 1.76. The van der Waals surface area contributed by atoms with Crippen molar-refractivity contribution >= 4 is 35.6 Å². The third-order valence-corrected chi connectivity index (χ3v) is 6.20. The molecule has 2 aliphatic heterocycles. The van der Waals surface area contributed by atoms with Crippen LogP contribution in [0.25, 0.3) is 0 Å². The second-order valence-electron chi connectivity index (χ2n) is 6.80. The first-order valence-electron chi connectivity index (χ1n) is 8.98. The van der Waals surface area contributed by atoms with Crippen molar-refractivity contribution in [2.45, 2.75) is 44.6 Å². The van der Waals surface area contributed by atoms with Crippen LogP contribution in [0.3, 0.4) is 0 Å². The van der Waals surface area contributed by atoms with Gasteiger partial charge in [-0.1, -0.05) is 6.07 Å². The second kappa shape index (κ2) is 9.55. The highest BCUT2D eigenvalue weighted by atomic mass is 35.5. The first kappa shape index (κ1) is 20.2. The lowest BCUT2D eigenvalue weighted by Crippen LogP contribution is -2.57. The van der Waals surface area contributed by atoms with Crippen LogP contribution in [0.4, 0.5) is 0 Å². The van der Waals surface area contributed by atoms with Crippen molar-refractivity contribution in [3.05, 3.63) is 22.4 Å². The van der Waals surface area contributed by atoms with Crippen molar-refractivity contribution in [1.82, 2.24) is 9.80 Å². The van der Waals surface area contributed by atoms with Gasteiger partial charge in [0.25, 0.3) is 0 Å². The van der Waals surface area contributed by atoms with E-state index in [-0.39, 0.29) is 30.3 Å². The Hall–Kier alpha value is -1.11. The van der Waals surface area contributed by atoms with Gasteiger partial charge >= 0.3 is 0 Å². The molecule has 1 aromatic rings. The van der Waals surface area contributed by atoms with Crippen LogP contribution < -0.4 is 5.73 Å². The number of carbonyl (C=O) groups is 2. The van der Waals surface area contributed by atoms with Crippen LogP contribution in [0.2, 0.25) is 0 Å². The summed E-state index contributed by atoms with van der Waals surface area (Å²) in [5.41, 5.74) is 5.66. The van der Waals surface area contributed by atoms with Gasteiger partial charge in [0.1, 0.15) is 0 Å². The maximum Gasteiger partial charge on any atom is 0.222 e. The molecule has 0 saturated carbocycles. The lowest BCUT2D eigenvalue weighted by molar-refractivity contribution is -0.144. The quantitative estimate of drug-likeness (QED) is 0.816. The minimum Gasteiger partial charge on any atom is -0.342 e. The van der Waals surface area contributed by atoms with E-state index >= 15 is 0 Å². The molecule has 0 bridgehead atoms. The summed E-state index contributed by atoms with van der Waals surface area (Å²) in [5, 5.41) is 2.08. The van der Waals surface area contributed by atoms with Gasteiger partial charge in [-0.05, 0) is 43.0 Å². The number of carbonyl (C=O) groups excluding carboxylic acids is 2. The van der Waals surface area contributed by atoms with Gasteiger partial charge in [-0.3, -0.25) is 9.59 Å². The molecule has 3 heterocycles. The van der Waals surface area contributed by atoms with Crippen LogP contribution in [-0.2, 0) is 16.0 Å². The summed E-state index contributed by atoms with van der Waals surface area (Å²) in [6, 6.07) is 4.47. The van der Waals surface area contributed by atoms with Gasteiger partial charge in [0, 0.05) is 49.9 Å². The van der Waals surface area contributed by atoms with E-state index in [4.69, 9.17) is 5.73 Å². The van der Waals surface area contributed by atoms with Crippen molar-refractivity contribution in [3.63, 3.8) is 0 Å². The Kier molecular flexibility index (Phi) is 7.72. The van der Waals surface area contributed by atoms with Crippen LogP contribution >= 0.6 is 23.7 Å². The Morgan fingerprint density at radius 1 is 1.36 bits per heavy atom. The number of likely N-dealkylation sites (tertiary alicyclic amines) is 2. The Morgan fingerprint density at radius 2 is 2.20 bits per heavy atom. The van der Waals surface area contributed by atoms with Gasteiger partial charge in [-0.2, -0.15) is 0 Å². The number of rotatable bonds is 6. The molecule has 7 heteroatoms. The number of aryl methyl sites for hydroxylation is 1. The zero-order chi connectivity index (χ0) is 16.9. The number of thiophene rings is 1. The zero-order valence-electron chi connectivity index (χ0n) is 14.6. The van der Waals surface area contributed by atoms with E-state index in [0.717, 1.165) is 38.8 Å². The second-order valence-corrected chi connectivity index (χ2v) is 7.84. The van der Waals surface area contributed by atoms with Gasteiger partial charge in [0.2, 0.25) is 11.8 Å². The summed E-state index contributed by atoms with van der Waals surface area (Å²) < 4.78 is 0. The molecular formula is C18H28ClN3O2S. The molecule has 0 aromatic carbocycles. The number of halogens is 1. The molecule has 2 N–H and O–H groups in total. The van der Waals surface area contributed by atoms with E-state index in [1.165, 1.54) is 4.88 Å². The van der Waals surface area contributed by atoms with Gasteiger partial charge in [0.15, 0.2) is 0 Å².